The second kappa shape index (κ2) is 7.85. The molecule has 25 heavy (non-hydrogen) atoms. The average molecular weight is 337 g/mol. The number of benzene rings is 2. The Hall–Kier alpha value is -2.79. The molecule has 0 saturated heterocycles. The molecule has 0 aliphatic carbocycles. The highest BCUT2D eigenvalue weighted by Crippen LogP contribution is 2.22. The van der Waals surface area contributed by atoms with Crippen LogP contribution in [0.5, 0.6) is 0 Å². The van der Waals surface area contributed by atoms with E-state index in [2.05, 4.69) is 15.3 Å². The second-order valence-electron chi connectivity index (χ2n) is 5.72. The van der Waals surface area contributed by atoms with Crippen LogP contribution in [-0.2, 0) is 6.42 Å². The molecule has 3 rings (SSSR count). The summed E-state index contributed by atoms with van der Waals surface area (Å²) in [5.41, 5.74) is 3.33. The van der Waals surface area contributed by atoms with Crippen LogP contribution in [0.3, 0.4) is 0 Å². The fraction of sp³-hybridized carbons (Fsp3) is 0.200. The number of hydrogen-bond donors (Lipinski definition) is 2. The molecule has 128 valence electrons. The van der Waals surface area contributed by atoms with E-state index >= 15 is 0 Å². The molecule has 0 bridgehead atoms. The summed E-state index contributed by atoms with van der Waals surface area (Å²) in [7, 11) is 0. The van der Waals surface area contributed by atoms with E-state index in [0.717, 1.165) is 16.7 Å². The first kappa shape index (κ1) is 17.0. The third-order valence-electron chi connectivity index (χ3n) is 4.06. The number of aromatic nitrogens is 2. The van der Waals surface area contributed by atoms with Gasteiger partial charge in [-0.2, -0.15) is 0 Å². The highest BCUT2D eigenvalue weighted by molar-refractivity contribution is 5.63. The number of hydrogen-bond acceptors (Lipinski definition) is 4. The van der Waals surface area contributed by atoms with Gasteiger partial charge in [0.15, 0.2) is 11.6 Å². The summed E-state index contributed by atoms with van der Waals surface area (Å²) < 4.78 is 14.1. The maximum absolute atomic E-state index is 14.1. The number of nitrogens with one attached hydrogen (secondary N) is 1. The molecule has 2 aromatic carbocycles. The van der Waals surface area contributed by atoms with Gasteiger partial charge in [0.1, 0.15) is 6.33 Å². The SMILES string of the molecule is CCc1ncnc(NCC(O)c2ccc(-c3ccccc3)cc2)c1F. The second-order valence-corrected chi connectivity index (χ2v) is 5.72. The van der Waals surface area contributed by atoms with Gasteiger partial charge in [-0.25, -0.2) is 14.4 Å². The molecule has 0 spiro atoms. The highest BCUT2D eigenvalue weighted by Gasteiger charge is 2.12. The summed E-state index contributed by atoms with van der Waals surface area (Å²) in [6.07, 6.45) is 1.06. The Morgan fingerprint density at radius 3 is 2.36 bits per heavy atom. The summed E-state index contributed by atoms with van der Waals surface area (Å²) in [6.45, 7) is 2.00. The number of halogens is 1. The Labute approximate surface area is 146 Å². The van der Waals surface area contributed by atoms with Gasteiger partial charge in [0.2, 0.25) is 0 Å². The van der Waals surface area contributed by atoms with Crippen molar-refractivity contribution in [3.05, 3.63) is 78.0 Å². The van der Waals surface area contributed by atoms with Crippen LogP contribution in [0.1, 0.15) is 24.3 Å². The van der Waals surface area contributed by atoms with Crippen molar-refractivity contribution in [1.82, 2.24) is 9.97 Å². The molecule has 4 nitrogen and oxygen atoms in total. The zero-order valence-electron chi connectivity index (χ0n) is 14.0. The number of aliphatic hydroxyl groups excluding tert-OH is 1. The van der Waals surface area contributed by atoms with E-state index in [0.29, 0.717) is 12.1 Å². The first-order valence-electron chi connectivity index (χ1n) is 8.25. The highest BCUT2D eigenvalue weighted by atomic mass is 19.1. The number of anilines is 1. The molecule has 1 aromatic heterocycles. The molecule has 1 atom stereocenters. The van der Waals surface area contributed by atoms with E-state index in [-0.39, 0.29) is 12.4 Å². The Kier molecular flexibility index (Phi) is 5.36. The van der Waals surface area contributed by atoms with Crippen LogP contribution in [0.4, 0.5) is 10.2 Å². The lowest BCUT2D eigenvalue weighted by atomic mass is 10.0. The molecule has 0 aliphatic rings. The topological polar surface area (TPSA) is 58.0 Å². The quantitative estimate of drug-likeness (QED) is 0.714. The lowest BCUT2D eigenvalue weighted by molar-refractivity contribution is 0.191. The van der Waals surface area contributed by atoms with E-state index in [1.54, 1.807) is 0 Å². The van der Waals surface area contributed by atoms with E-state index in [1.807, 2.05) is 61.5 Å². The number of rotatable bonds is 6. The molecular weight excluding hydrogens is 317 g/mol. The van der Waals surface area contributed by atoms with Crippen LogP contribution in [-0.4, -0.2) is 21.6 Å². The third kappa shape index (κ3) is 4.00. The minimum Gasteiger partial charge on any atom is -0.387 e. The van der Waals surface area contributed by atoms with Gasteiger partial charge in [0.05, 0.1) is 11.8 Å². The van der Waals surface area contributed by atoms with E-state index in [9.17, 15) is 9.50 Å². The van der Waals surface area contributed by atoms with Crippen LogP contribution in [0, 0.1) is 5.82 Å². The van der Waals surface area contributed by atoms with Crippen molar-refractivity contribution < 1.29 is 9.50 Å². The van der Waals surface area contributed by atoms with Crippen molar-refractivity contribution in [2.24, 2.45) is 0 Å². The van der Waals surface area contributed by atoms with Gasteiger partial charge >= 0.3 is 0 Å². The Morgan fingerprint density at radius 1 is 1.00 bits per heavy atom. The van der Waals surface area contributed by atoms with Gasteiger partial charge in [-0.1, -0.05) is 61.5 Å². The number of aryl methyl sites for hydroxylation is 1. The van der Waals surface area contributed by atoms with Crippen molar-refractivity contribution in [3.63, 3.8) is 0 Å². The van der Waals surface area contributed by atoms with E-state index < -0.39 is 11.9 Å². The predicted molar refractivity (Wildman–Crippen MR) is 96.7 cm³/mol. The monoisotopic (exact) mass is 337 g/mol. The molecule has 0 saturated carbocycles. The molecule has 0 aliphatic heterocycles. The van der Waals surface area contributed by atoms with Gasteiger partial charge in [0, 0.05) is 6.54 Å². The average Bonchev–Trinajstić information content (AvgIpc) is 2.68. The number of nitrogens with zero attached hydrogens (tertiary/aromatic N) is 2. The molecule has 1 heterocycles. The molecule has 0 amide bonds. The van der Waals surface area contributed by atoms with Gasteiger partial charge in [-0.15, -0.1) is 0 Å². The van der Waals surface area contributed by atoms with Crippen molar-refractivity contribution in [3.8, 4) is 11.1 Å². The van der Waals surface area contributed by atoms with Crippen LogP contribution in [0.25, 0.3) is 11.1 Å². The first-order chi connectivity index (χ1) is 12.2. The van der Waals surface area contributed by atoms with Crippen LogP contribution < -0.4 is 5.32 Å². The lowest BCUT2D eigenvalue weighted by Gasteiger charge is -2.14. The van der Waals surface area contributed by atoms with Crippen LogP contribution in [0.15, 0.2) is 60.9 Å². The minimum absolute atomic E-state index is 0.117. The summed E-state index contributed by atoms with van der Waals surface area (Å²) in [5.74, 6) is -0.344. The number of aliphatic hydroxyl groups is 1. The van der Waals surface area contributed by atoms with Crippen LogP contribution >= 0.6 is 0 Å². The molecular formula is C20H20FN3O. The fourth-order valence-electron chi connectivity index (χ4n) is 2.62. The molecule has 5 heteroatoms. The maximum Gasteiger partial charge on any atom is 0.186 e. The van der Waals surface area contributed by atoms with Crippen molar-refractivity contribution >= 4 is 5.82 Å². The van der Waals surface area contributed by atoms with Crippen LogP contribution in [0.2, 0.25) is 0 Å². The summed E-state index contributed by atoms with van der Waals surface area (Å²) in [5, 5.41) is 13.2. The standard InChI is InChI=1S/C20H20FN3O/c1-2-17-19(21)20(24-13-23-17)22-12-18(25)16-10-8-15(9-11-16)14-6-4-3-5-7-14/h3-11,13,18,25H,2,12H2,1H3,(H,22,23,24). The van der Waals surface area contributed by atoms with E-state index in [4.69, 9.17) is 0 Å². The summed E-state index contributed by atoms with van der Waals surface area (Å²) >= 11 is 0. The minimum atomic E-state index is -0.760. The molecule has 0 fully saturated rings. The molecule has 2 N–H and O–H groups in total. The molecule has 0 radical (unpaired) electrons. The van der Waals surface area contributed by atoms with Crippen molar-refractivity contribution in [2.75, 3.05) is 11.9 Å². The van der Waals surface area contributed by atoms with Crippen molar-refractivity contribution in [2.45, 2.75) is 19.4 Å². The van der Waals surface area contributed by atoms with Gasteiger partial charge in [-0.05, 0) is 23.1 Å². The molecule has 3 aromatic rings. The first-order valence-corrected chi connectivity index (χ1v) is 8.25. The normalized spacial score (nSPS) is 12.0. The smallest absolute Gasteiger partial charge is 0.186 e. The summed E-state index contributed by atoms with van der Waals surface area (Å²) in [4.78, 5) is 7.79. The predicted octanol–water partition coefficient (Wildman–Crippen LogP) is 3.99. The zero-order valence-corrected chi connectivity index (χ0v) is 14.0. The Bertz CT molecular complexity index is 822. The fourth-order valence-corrected chi connectivity index (χ4v) is 2.62. The molecule has 1 unspecified atom stereocenters. The van der Waals surface area contributed by atoms with E-state index in [1.165, 1.54) is 6.33 Å². The summed E-state index contributed by atoms with van der Waals surface area (Å²) in [6, 6.07) is 17.7. The van der Waals surface area contributed by atoms with Gasteiger partial charge in [-0.3, -0.25) is 0 Å². The zero-order chi connectivity index (χ0) is 17.6. The Morgan fingerprint density at radius 2 is 1.68 bits per heavy atom. The van der Waals surface area contributed by atoms with Gasteiger partial charge < -0.3 is 10.4 Å². The third-order valence-corrected chi connectivity index (χ3v) is 4.06. The largest absolute Gasteiger partial charge is 0.387 e. The lowest BCUT2D eigenvalue weighted by Crippen LogP contribution is -2.15. The van der Waals surface area contributed by atoms with Crippen molar-refractivity contribution in [1.29, 1.82) is 0 Å². The van der Waals surface area contributed by atoms with Gasteiger partial charge in [0.25, 0.3) is 0 Å². The Balaban J connectivity index is 1.67. The maximum atomic E-state index is 14.1.